The molecule has 1 amide bonds. The van der Waals surface area contributed by atoms with Gasteiger partial charge in [-0.05, 0) is 57.5 Å². The third-order valence-corrected chi connectivity index (χ3v) is 5.66. The molecule has 1 fully saturated rings. The molecule has 2 heterocycles. The molecule has 3 rings (SSSR count). The zero-order valence-corrected chi connectivity index (χ0v) is 16.7. The Hall–Kier alpha value is -1.63. The van der Waals surface area contributed by atoms with Crippen molar-refractivity contribution >= 4 is 29.1 Å². The summed E-state index contributed by atoms with van der Waals surface area (Å²) in [6, 6.07) is 5.38. The van der Waals surface area contributed by atoms with Crippen LogP contribution < -0.4 is 5.32 Å². The van der Waals surface area contributed by atoms with Gasteiger partial charge < -0.3 is 10.2 Å². The lowest BCUT2D eigenvalue weighted by molar-refractivity contribution is 0.0736. The fraction of sp³-hybridized carbons (Fsp3) is 0.500. The number of rotatable bonds is 4. The lowest BCUT2D eigenvalue weighted by Crippen LogP contribution is -2.31. The zero-order valence-electron chi connectivity index (χ0n) is 15.2. The molecule has 6 nitrogen and oxygen atoms in total. The number of hydrogen-bond donors (Lipinski definition) is 1. The molecule has 1 N–H and O–H groups in total. The monoisotopic (exact) mass is 395 g/mol. The highest BCUT2D eigenvalue weighted by Crippen LogP contribution is 2.30. The Bertz CT molecular complexity index is 801. The molecule has 26 heavy (non-hydrogen) atoms. The van der Waals surface area contributed by atoms with E-state index in [0.717, 1.165) is 37.2 Å². The summed E-state index contributed by atoms with van der Waals surface area (Å²) in [6.45, 7) is 5.75. The quantitative estimate of drug-likeness (QED) is 0.857. The van der Waals surface area contributed by atoms with Gasteiger partial charge in [0.25, 0.3) is 5.91 Å². The van der Waals surface area contributed by atoms with Crippen LogP contribution in [0, 0.1) is 6.92 Å². The summed E-state index contributed by atoms with van der Waals surface area (Å²) in [4.78, 5) is 14.6. The van der Waals surface area contributed by atoms with Gasteiger partial charge in [-0.25, -0.2) is 4.68 Å². The van der Waals surface area contributed by atoms with Crippen LogP contribution in [0.4, 0.5) is 0 Å². The molecule has 8 heteroatoms. The molecule has 0 radical (unpaired) electrons. The van der Waals surface area contributed by atoms with E-state index < -0.39 is 0 Å². The SMILES string of the molecule is Cc1c(C(=O)N(C)C(C)c2ccc(Cl)cc2Cl)nnn1C1CCNCC1. The number of nitrogens with one attached hydrogen (secondary N) is 1. The number of piperidine rings is 1. The lowest BCUT2D eigenvalue weighted by Gasteiger charge is -2.26. The molecule has 0 aliphatic carbocycles. The standard InChI is InChI=1S/C18H23Cl2N5O/c1-11(15-5-4-13(19)10-16(15)20)24(3)18(26)17-12(2)25(23-22-17)14-6-8-21-9-7-14/h4-5,10-11,14,21H,6-9H2,1-3H3. The summed E-state index contributed by atoms with van der Waals surface area (Å²) in [5, 5.41) is 12.9. The van der Waals surface area contributed by atoms with Crippen molar-refractivity contribution in [3.8, 4) is 0 Å². The molecule has 0 saturated carbocycles. The van der Waals surface area contributed by atoms with Gasteiger partial charge in [0.2, 0.25) is 0 Å². The van der Waals surface area contributed by atoms with E-state index >= 15 is 0 Å². The summed E-state index contributed by atoms with van der Waals surface area (Å²) < 4.78 is 1.89. The van der Waals surface area contributed by atoms with Gasteiger partial charge in [0.1, 0.15) is 0 Å². The van der Waals surface area contributed by atoms with Crippen molar-refractivity contribution in [2.45, 2.75) is 38.8 Å². The molecule has 1 atom stereocenters. The van der Waals surface area contributed by atoms with Crippen LogP contribution in [-0.2, 0) is 0 Å². The summed E-state index contributed by atoms with van der Waals surface area (Å²) in [6.07, 6.45) is 1.98. The second kappa shape index (κ2) is 7.94. The van der Waals surface area contributed by atoms with Crippen LogP contribution >= 0.6 is 23.2 Å². The van der Waals surface area contributed by atoms with E-state index in [0.29, 0.717) is 21.8 Å². The first-order chi connectivity index (χ1) is 12.4. The maximum Gasteiger partial charge on any atom is 0.276 e. The highest BCUT2D eigenvalue weighted by atomic mass is 35.5. The Morgan fingerprint density at radius 3 is 2.69 bits per heavy atom. The summed E-state index contributed by atoms with van der Waals surface area (Å²) in [5.74, 6) is -0.166. The zero-order chi connectivity index (χ0) is 18.8. The number of aromatic nitrogens is 3. The highest BCUT2D eigenvalue weighted by Gasteiger charge is 2.27. The van der Waals surface area contributed by atoms with Gasteiger partial charge in [0.05, 0.1) is 17.8 Å². The number of amides is 1. The van der Waals surface area contributed by atoms with Crippen LogP contribution in [0.1, 0.15) is 53.6 Å². The van der Waals surface area contributed by atoms with Crippen LogP contribution in [0.25, 0.3) is 0 Å². The van der Waals surface area contributed by atoms with E-state index in [2.05, 4.69) is 15.6 Å². The fourth-order valence-electron chi connectivity index (χ4n) is 3.33. The molecule has 0 bridgehead atoms. The predicted molar refractivity (Wildman–Crippen MR) is 103 cm³/mol. The Morgan fingerprint density at radius 2 is 2.04 bits per heavy atom. The molecule has 1 aliphatic heterocycles. The fourth-order valence-corrected chi connectivity index (χ4v) is 3.89. The van der Waals surface area contributed by atoms with Gasteiger partial charge in [0, 0.05) is 17.1 Å². The number of halogens is 2. The minimum atomic E-state index is -0.212. The highest BCUT2D eigenvalue weighted by molar-refractivity contribution is 6.35. The molecule has 1 aromatic carbocycles. The van der Waals surface area contributed by atoms with Crippen molar-refractivity contribution in [1.82, 2.24) is 25.2 Å². The Balaban J connectivity index is 1.81. The van der Waals surface area contributed by atoms with Crippen molar-refractivity contribution < 1.29 is 4.79 Å². The molecule has 0 spiro atoms. The maximum absolute atomic E-state index is 13.0. The smallest absolute Gasteiger partial charge is 0.276 e. The molecule has 140 valence electrons. The number of hydrogen-bond acceptors (Lipinski definition) is 4. The summed E-state index contributed by atoms with van der Waals surface area (Å²) >= 11 is 12.3. The normalized spacial score (nSPS) is 16.5. The van der Waals surface area contributed by atoms with E-state index in [4.69, 9.17) is 23.2 Å². The molecule has 1 aliphatic rings. The average molecular weight is 396 g/mol. The van der Waals surface area contributed by atoms with Crippen molar-refractivity contribution in [2.24, 2.45) is 0 Å². The molecular weight excluding hydrogens is 373 g/mol. The van der Waals surface area contributed by atoms with Gasteiger partial charge in [-0.3, -0.25) is 4.79 Å². The molecule has 1 saturated heterocycles. The second-order valence-corrected chi connectivity index (χ2v) is 7.55. The van der Waals surface area contributed by atoms with Crippen molar-refractivity contribution in [3.63, 3.8) is 0 Å². The van der Waals surface area contributed by atoms with Crippen LogP contribution in [0.3, 0.4) is 0 Å². The lowest BCUT2D eigenvalue weighted by atomic mass is 10.1. The number of benzene rings is 1. The van der Waals surface area contributed by atoms with Gasteiger partial charge in [0.15, 0.2) is 5.69 Å². The van der Waals surface area contributed by atoms with Gasteiger partial charge in [-0.2, -0.15) is 0 Å². The third-order valence-electron chi connectivity index (χ3n) is 5.10. The third kappa shape index (κ3) is 3.72. The van der Waals surface area contributed by atoms with E-state index in [1.165, 1.54) is 0 Å². The van der Waals surface area contributed by atoms with E-state index in [-0.39, 0.29) is 11.9 Å². The summed E-state index contributed by atoms with van der Waals surface area (Å²) in [5.41, 5.74) is 2.04. The minimum Gasteiger partial charge on any atom is -0.333 e. The van der Waals surface area contributed by atoms with Crippen LogP contribution in [0.15, 0.2) is 18.2 Å². The Kier molecular flexibility index (Phi) is 5.85. The topological polar surface area (TPSA) is 63.1 Å². The summed E-state index contributed by atoms with van der Waals surface area (Å²) in [7, 11) is 1.75. The number of carbonyl (C=O) groups excluding carboxylic acids is 1. The van der Waals surface area contributed by atoms with E-state index in [1.807, 2.05) is 24.6 Å². The average Bonchev–Trinajstić information content (AvgIpc) is 3.02. The van der Waals surface area contributed by atoms with Crippen molar-refractivity contribution in [2.75, 3.05) is 20.1 Å². The largest absolute Gasteiger partial charge is 0.333 e. The van der Waals surface area contributed by atoms with Crippen LogP contribution in [0.5, 0.6) is 0 Å². The first-order valence-electron chi connectivity index (χ1n) is 8.74. The Morgan fingerprint density at radius 1 is 1.35 bits per heavy atom. The maximum atomic E-state index is 13.0. The van der Waals surface area contributed by atoms with Crippen LogP contribution in [0.2, 0.25) is 10.0 Å². The molecule has 2 aromatic rings. The Labute approximate surface area is 163 Å². The second-order valence-electron chi connectivity index (χ2n) is 6.71. The predicted octanol–water partition coefficient (Wildman–Crippen LogP) is 3.65. The van der Waals surface area contributed by atoms with Gasteiger partial charge in [-0.1, -0.05) is 34.5 Å². The van der Waals surface area contributed by atoms with Gasteiger partial charge in [-0.15, -0.1) is 5.10 Å². The first kappa shape index (κ1) is 19.1. The van der Waals surface area contributed by atoms with Crippen molar-refractivity contribution in [3.05, 3.63) is 45.2 Å². The number of carbonyl (C=O) groups is 1. The first-order valence-corrected chi connectivity index (χ1v) is 9.50. The van der Waals surface area contributed by atoms with E-state index in [9.17, 15) is 4.79 Å². The minimum absolute atomic E-state index is 0.166. The van der Waals surface area contributed by atoms with E-state index in [1.54, 1.807) is 24.1 Å². The van der Waals surface area contributed by atoms with Crippen LogP contribution in [-0.4, -0.2) is 45.9 Å². The molecule has 1 unspecified atom stereocenters. The van der Waals surface area contributed by atoms with Gasteiger partial charge >= 0.3 is 0 Å². The number of nitrogens with zero attached hydrogens (tertiary/aromatic N) is 4. The molecule has 1 aromatic heterocycles. The van der Waals surface area contributed by atoms with Crippen molar-refractivity contribution in [1.29, 1.82) is 0 Å². The molecular formula is C18H23Cl2N5O.